The molecule has 0 radical (unpaired) electrons. The molecule has 0 spiro atoms. The highest BCUT2D eigenvalue weighted by atomic mass is 32.2. The van der Waals surface area contributed by atoms with Crippen LogP contribution in [0.4, 0.5) is 0 Å². The zero-order chi connectivity index (χ0) is 15.4. The minimum atomic E-state index is -3.20. The molecule has 6 heteroatoms. The molecule has 0 unspecified atom stereocenters. The quantitative estimate of drug-likeness (QED) is 0.866. The van der Waals surface area contributed by atoms with Crippen LogP contribution in [-0.2, 0) is 16.4 Å². The molecule has 0 aliphatic rings. The predicted molar refractivity (Wildman–Crippen MR) is 79.9 cm³/mol. The summed E-state index contributed by atoms with van der Waals surface area (Å²) in [5, 5.41) is 0. The fourth-order valence-corrected chi connectivity index (χ4v) is 2.52. The first-order valence-corrected chi connectivity index (χ1v) is 8.09. The van der Waals surface area contributed by atoms with Crippen molar-refractivity contribution in [2.45, 2.75) is 32.1 Å². The Labute approximate surface area is 121 Å². The molecule has 20 heavy (non-hydrogen) atoms. The van der Waals surface area contributed by atoms with E-state index in [1.54, 1.807) is 26.8 Å². The minimum absolute atomic E-state index is 0.0431. The summed E-state index contributed by atoms with van der Waals surface area (Å²) in [5.74, 6) is 1.03. The van der Waals surface area contributed by atoms with Crippen LogP contribution in [0.3, 0.4) is 0 Å². The average molecular weight is 301 g/mol. The SMILES string of the molecule is COc1cccc(CN)c1OCCS(=O)(=O)C(C)(C)C. The number of ether oxygens (including phenoxy) is 2. The second kappa shape index (κ2) is 6.45. The first-order valence-electron chi connectivity index (χ1n) is 6.44. The molecule has 0 aliphatic carbocycles. The van der Waals surface area contributed by atoms with Crippen molar-refractivity contribution in [3.05, 3.63) is 23.8 Å². The van der Waals surface area contributed by atoms with Crippen LogP contribution >= 0.6 is 0 Å². The number of methoxy groups -OCH3 is 1. The third-order valence-corrected chi connectivity index (χ3v) is 5.60. The molecular weight excluding hydrogens is 278 g/mol. The fraction of sp³-hybridized carbons (Fsp3) is 0.571. The number of hydrogen-bond acceptors (Lipinski definition) is 5. The Hall–Kier alpha value is -1.27. The lowest BCUT2D eigenvalue weighted by atomic mass is 10.2. The maximum absolute atomic E-state index is 12.0. The van der Waals surface area contributed by atoms with Crippen molar-refractivity contribution >= 4 is 9.84 Å². The molecule has 114 valence electrons. The fourth-order valence-electron chi connectivity index (χ4n) is 1.61. The van der Waals surface area contributed by atoms with Crippen LogP contribution in [0.15, 0.2) is 18.2 Å². The average Bonchev–Trinajstić information content (AvgIpc) is 2.37. The van der Waals surface area contributed by atoms with E-state index >= 15 is 0 Å². The molecule has 1 aromatic carbocycles. The van der Waals surface area contributed by atoms with Gasteiger partial charge in [-0.15, -0.1) is 0 Å². The van der Waals surface area contributed by atoms with Crippen LogP contribution in [0.25, 0.3) is 0 Å². The van der Waals surface area contributed by atoms with Crippen molar-refractivity contribution in [1.82, 2.24) is 0 Å². The zero-order valence-corrected chi connectivity index (χ0v) is 13.3. The van der Waals surface area contributed by atoms with Gasteiger partial charge in [0.2, 0.25) is 0 Å². The lowest BCUT2D eigenvalue weighted by Gasteiger charge is -2.20. The number of nitrogens with two attached hydrogens (primary N) is 1. The molecule has 0 atom stereocenters. The maximum Gasteiger partial charge on any atom is 0.165 e. The van der Waals surface area contributed by atoms with E-state index in [-0.39, 0.29) is 12.4 Å². The Morgan fingerprint density at radius 3 is 2.40 bits per heavy atom. The first kappa shape index (κ1) is 16.8. The van der Waals surface area contributed by atoms with Gasteiger partial charge in [-0.05, 0) is 26.8 Å². The molecule has 0 fully saturated rings. The van der Waals surface area contributed by atoms with Gasteiger partial charge in [-0.1, -0.05) is 12.1 Å². The Kier molecular flexibility index (Phi) is 5.42. The summed E-state index contributed by atoms with van der Waals surface area (Å²) in [6.45, 7) is 5.41. The van der Waals surface area contributed by atoms with Gasteiger partial charge in [0.25, 0.3) is 0 Å². The summed E-state index contributed by atoms with van der Waals surface area (Å²) in [5.41, 5.74) is 6.44. The third kappa shape index (κ3) is 3.86. The molecule has 5 nitrogen and oxygen atoms in total. The summed E-state index contributed by atoms with van der Waals surface area (Å²) in [6.07, 6.45) is 0. The van der Waals surface area contributed by atoms with E-state index in [2.05, 4.69) is 0 Å². The van der Waals surface area contributed by atoms with Crippen LogP contribution in [0, 0.1) is 0 Å². The molecule has 2 N–H and O–H groups in total. The van der Waals surface area contributed by atoms with Crippen LogP contribution in [0.2, 0.25) is 0 Å². The van der Waals surface area contributed by atoms with Crippen molar-refractivity contribution in [3.63, 3.8) is 0 Å². The van der Waals surface area contributed by atoms with E-state index < -0.39 is 14.6 Å². The molecule has 0 saturated carbocycles. The molecule has 0 saturated heterocycles. The minimum Gasteiger partial charge on any atom is -0.493 e. The van der Waals surface area contributed by atoms with Crippen LogP contribution in [0.5, 0.6) is 11.5 Å². The van der Waals surface area contributed by atoms with E-state index in [9.17, 15) is 8.42 Å². The predicted octanol–water partition coefficient (Wildman–Crippen LogP) is 1.75. The number of para-hydroxylation sites is 1. The molecule has 0 bridgehead atoms. The Balaban J connectivity index is 2.81. The highest BCUT2D eigenvalue weighted by molar-refractivity contribution is 7.92. The van der Waals surface area contributed by atoms with E-state index in [1.807, 2.05) is 12.1 Å². The number of sulfone groups is 1. The summed E-state index contributed by atoms with van der Waals surface area (Å²) in [7, 11) is -1.67. The van der Waals surface area contributed by atoms with Crippen molar-refractivity contribution < 1.29 is 17.9 Å². The van der Waals surface area contributed by atoms with Crippen molar-refractivity contribution in [3.8, 4) is 11.5 Å². The topological polar surface area (TPSA) is 78.6 Å². The first-order chi connectivity index (χ1) is 9.23. The highest BCUT2D eigenvalue weighted by Gasteiger charge is 2.28. The van der Waals surface area contributed by atoms with Gasteiger partial charge in [-0.3, -0.25) is 0 Å². The summed E-state index contributed by atoms with van der Waals surface area (Å²) in [6, 6.07) is 5.41. The lowest BCUT2D eigenvalue weighted by molar-refractivity contribution is 0.307. The smallest absolute Gasteiger partial charge is 0.165 e. The second-order valence-corrected chi connectivity index (χ2v) is 8.29. The van der Waals surface area contributed by atoms with Crippen molar-refractivity contribution in [2.75, 3.05) is 19.5 Å². The van der Waals surface area contributed by atoms with Gasteiger partial charge < -0.3 is 15.2 Å². The van der Waals surface area contributed by atoms with Crippen LogP contribution in [0.1, 0.15) is 26.3 Å². The van der Waals surface area contributed by atoms with Crippen LogP contribution in [-0.4, -0.2) is 32.6 Å². The third-order valence-electron chi connectivity index (χ3n) is 3.03. The van der Waals surface area contributed by atoms with Gasteiger partial charge in [-0.2, -0.15) is 0 Å². The van der Waals surface area contributed by atoms with Crippen molar-refractivity contribution in [2.24, 2.45) is 5.73 Å². The molecule has 1 rings (SSSR count). The van der Waals surface area contributed by atoms with Gasteiger partial charge in [0.15, 0.2) is 21.3 Å². The number of hydrogen-bond donors (Lipinski definition) is 1. The molecule has 0 amide bonds. The Morgan fingerprint density at radius 2 is 1.90 bits per heavy atom. The normalized spacial score (nSPS) is 12.2. The monoisotopic (exact) mass is 301 g/mol. The summed E-state index contributed by atoms with van der Waals surface area (Å²) in [4.78, 5) is 0. The Bertz CT molecular complexity index is 525. The van der Waals surface area contributed by atoms with Gasteiger partial charge in [-0.25, -0.2) is 8.42 Å². The molecular formula is C14H23NO4S. The summed E-state index contributed by atoms with van der Waals surface area (Å²) >= 11 is 0. The Morgan fingerprint density at radius 1 is 1.25 bits per heavy atom. The van der Waals surface area contributed by atoms with E-state index in [1.165, 1.54) is 7.11 Å². The van der Waals surface area contributed by atoms with Crippen LogP contribution < -0.4 is 15.2 Å². The van der Waals surface area contributed by atoms with Gasteiger partial charge >= 0.3 is 0 Å². The molecule has 0 aromatic heterocycles. The number of benzene rings is 1. The maximum atomic E-state index is 12.0. The van der Waals surface area contributed by atoms with Gasteiger partial charge in [0.1, 0.15) is 6.61 Å². The molecule has 1 aromatic rings. The standard InChI is InChI=1S/C14H23NO4S/c1-14(2,3)20(16,17)9-8-19-13-11(10-15)6-5-7-12(13)18-4/h5-7H,8-10,15H2,1-4H3. The van der Waals surface area contributed by atoms with Gasteiger partial charge in [0.05, 0.1) is 17.6 Å². The number of rotatable bonds is 6. The van der Waals surface area contributed by atoms with E-state index in [4.69, 9.17) is 15.2 Å². The van der Waals surface area contributed by atoms with E-state index in [0.29, 0.717) is 18.0 Å². The molecule has 0 heterocycles. The summed E-state index contributed by atoms with van der Waals surface area (Å²) < 4.78 is 34.1. The zero-order valence-electron chi connectivity index (χ0n) is 12.5. The lowest BCUT2D eigenvalue weighted by Crippen LogP contribution is -2.32. The highest BCUT2D eigenvalue weighted by Crippen LogP contribution is 2.31. The van der Waals surface area contributed by atoms with Crippen molar-refractivity contribution in [1.29, 1.82) is 0 Å². The van der Waals surface area contributed by atoms with Gasteiger partial charge in [0, 0.05) is 12.1 Å². The molecule has 0 aliphatic heterocycles. The largest absolute Gasteiger partial charge is 0.493 e. The second-order valence-electron chi connectivity index (χ2n) is 5.43. The van der Waals surface area contributed by atoms with E-state index in [0.717, 1.165) is 5.56 Å².